The SMILES string of the molecule is CC(=O)N[C@H]1OC(CO[Si](C)(C)C(C)(C)C)C2(OS(=O)(=O)C=C2N)C1O[Si](C)(C)C(C)(C)C. The Morgan fingerprint density at radius 2 is 1.64 bits per heavy atom. The molecule has 2 aliphatic heterocycles. The number of nitrogens with one attached hydrogen (secondary N) is 1. The second-order valence-corrected chi connectivity index (χ2v) is 23.0. The van der Waals surface area contributed by atoms with E-state index in [9.17, 15) is 13.2 Å². The molecule has 4 atom stereocenters. The molecule has 1 fully saturated rings. The number of amides is 1. The van der Waals surface area contributed by atoms with Crippen LogP contribution in [-0.4, -0.2) is 61.6 Å². The maximum absolute atomic E-state index is 12.5. The van der Waals surface area contributed by atoms with Crippen molar-refractivity contribution in [2.75, 3.05) is 6.61 Å². The number of nitrogens with two attached hydrogens (primary N) is 1. The van der Waals surface area contributed by atoms with Crippen molar-refractivity contribution >= 4 is 32.7 Å². The number of hydrogen-bond acceptors (Lipinski definition) is 8. The van der Waals surface area contributed by atoms with Crippen LogP contribution in [0.4, 0.5) is 0 Å². The summed E-state index contributed by atoms with van der Waals surface area (Å²) in [5, 5.41) is 3.40. The Morgan fingerprint density at radius 1 is 1.12 bits per heavy atom. The number of carbonyl (C=O) groups excluding carboxylic acids is 1. The second kappa shape index (κ2) is 8.72. The van der Waals surface area contributed by atoms with Crippen molar-refractivity contribution < 1.29 is 31.0 Å². The molecule has 1 spiro atoms. The van der Waals surface area contributed by atoms with Gasteiger partial charge in [-0.2, -0.15) is 8.42 Å². The molecule has 2 heterocycles. The fourth-order valence-corrected chi connectivity index (χ4v) is 6.85. The number of ether oxygens (including phenoxy) is 1. The number of hydrogen-bond donors (Lipinski definition) is 2. The fourth-order valence-electron chi connectivity index (χ4n) is 3.34. The lowest BCUT2D eigenvalue weighted by atomic mass is 9.89. The van der Waals surface area contributed by atoms with E-state index in [1.54, 1.807) is 0 Å². The van der Waals surface area contributed by atoms with Crippen molar-refractivity contribution in [2.24, 2.45) is 5.73 Å². The van der Waals surface area contributed by atoms with E-state index in [1.165, 1.54) is 6.92 Å². The van der Waals surface area contributed by atoms with E-state index >= 15 is 0 Å². The average molecular weight is 523 g/mol. The minimum atomic E-state index is -4.07. The molecular weight excluding hydrogens is 480 g/mol. The highest BCUT2D eigenvalue weighted by Crippen LogP contribution is 2.49. The molecule has 2 rings (SSSR count). The van der Waals surface area contributed by atoms with Crippen LogP contribution in [0.2, 0.25) is 36.3 Å². The molecule has 1 amide bonds. The normalized spacial score (nSPS) is 30.5. The highest BCUT2D eigenvalue weighted by molar-refractivity contribution is 7.90. The quantitative estimate of drug-likeness (QED) is 0.402. The molecule has 0 aliphatic carbocycles. The molecule has 0 radical (unpaired) electrons. The predicted molar refractivity (Wildman–Crippen MR) is 133 cm³/mol. The molecule has 9 nitrogen and oxygen atoms in total. The predicted octanol–water partition coefficient (Wildman–Crippen LogP) is 3.16. The Hall–Kier alpha value is -0.766. The second-order valence-electron chi connectivity index (χ2n) is 12.1. The zero-order valence-corrected chi connectivity index (χ0v) is 24.7. The first-order chi connectivity index (χ1) is 14.6. The summed E-state index contributed by atoms with van der Waals surface area (Å²) in [6.45, 7) is 22.2. The molecule has 192 valence electrons. The molecule has 0 aromatic heterocycles. The van der Waals surface area contributed by atoms with Crippen LogP contribution in [0.5, 0.6) is 0 Å². The first-order valence-electron chi connectivity index (χ1n) is 11.2. The van der Waals surface area contributed by atoms with Crippen molar-refractivity contribution in [3.05, 3.63) is 11.1 Å². The molecule has 0 bridgehead atoms. The van der Waals surface area contributed by atoms with Crippen LogP contribution >= 0.6 is 0 Å². The van der Waals surface area contributed by atoms with E-state index in [1.807, 2.05) is 13.1 Å². The zero-order chi connectivity index (χ0) is 25.8. The topological polar surface area (TPSA) is 126 Å². The Labute approximate surface area is 201 Å². The van der Waals surface area contributed by atoms with Crippen LogP contribution in [0.3, 0.4) is 0 Å². The summed E-state index contributed by atoms with van der Waals surface area (Å²) in [6, 6.07) is 0. The minimum Gasteiger partial charge on any atom is -0.414 e. The Morgan fingerprint density at radius 3 is 2.03 bits per heavy atom. The molecule has 1 saturated heterocycles. The minimum absolute atomic E-state index is 0.0112. The molecular formula is C21H42N2O7SSi2. The lowest BCUT2D eigenvalue weighted by Gasteiger charge is -2.43. The fraction of sp³-hybridized carbons (Fsp3) is 0.857. The summed E-state index contributed by atoms with van der Waals surface area (Å²) < 4.78 is 50.0. The van der Waals surface area contributed by atoms with Gasteiger partial charge in [-0.15, -0.1) is 0 Å². The maximum atomic E-state index is 12.5. The largest absolute Gasteiger partial charge is 0.414 e. The zero-order valence-electron chi connectivity index (χ0n) is 21.9. The van der Waals surface area contributed by atoms with Crippen LogP contribution in [0.15, 0.2) is 11.1 Å². The standard InChI is InChI=1S/C21H42N2O7SSi2/c1-14(24)23-18-17(29-33(10,11)20(5,6)7)21(15(22)13-31(25,26)30-21)16(28-18)12-27-32(8,9)19(2,3)4/h13,16-18H,12,22H2,1-11H3,(H,23,24)/t16?,17?,18-,21?/m0/s1. The highest BCUT2D eigenvalue weighted by atomic mass is 32.2. The van der Waals surface area contributed by atoms with Gasteiger partial charge in [-0.1, -0.05) is 41.5 Å². The molecule has 0 aromatic rings. The maximum Gasteiger partial charge on any atom is 0.292 e. The van der Waals surface area contributed by atoms with Crippen LogP contribution in [0.25, 0.3) is 0 Å². The van der Waals surface area contributed by atoms with Crippen molar-refractivity contribution in [3.63, 3.8) is 0 Å². The van der Waals surface area contributed by atoms with Crippen molar-refractivity contribution in [1.82, 2.24) is 5.32 Å². The molecule has 0 aromatic carbocycles. The van der Waals surface area contributed by atoms with Gasteiger partial charge in [0.1, 0.15) is 12.2 Å². The molecule has 3 N–H and O–H groups in total. The Balaban J connectivity index is 2.56. The molecule has 3 unspecified atom stereocenters. The van der Waals surface area contributed by atoms with E-state index in [4.69, 9.17) is 23.5 Å². The van der Waals surface area contributed by atoms with Crippen LogP contribution in [0.1, 0.15) is 48.5 Å². The van der Waals surface area contributed by atoms with Crippen molar-refractivity contribution in [2.45, 2.75) is 109 Å². The highest BCUT2D eigenvalue weighted by Gasteiger charge is 2.67. The van der Waals surface area contributed by atoms with Gasteiger partial charge in [-0.25, -0.2) is 4.18 Å². The van der Waals surface area contributed by atoms with Gasteiger partial charge in [0, 0.05) is 6.92 Å². The van der Waals surface area contributed by atoms with Gasteiger partial charge >= 0.3 is 0 Å². The summed E-state index contributed by atoms with van der Waals surface area (Å²) >= 11 is 0. The van der Waals surface area contributed by atoms with E-state index in [-0.39, 0.29) is 28.3 Å². The first-order valence-corrected chi connectivity index (χ1v) is 18.5. The van der Waals surface area contributed by atoms with Crippen LogP contribution < -0.4 is 11.1 Å². The molecule has 2 aliphatic rings. The summed E-state index contributed by atoms with van der Waals surface area (Å²) in [6.07, 6.45) is -2.82. The van der Waals surface area contributed by atoms with E-state index in [0.717, 1.165) is 5.41 Å². The molecule has 33 heavy (non-hydrogen) atoms. The lowest BCUT2D eigenvalue weighted by Crippen LogP contribution is -2.61. The Kier molecular flexibility index (Phi) is 7.52. The van der Waals surface area contributed by atoms with Crippen LogP contribution in [-0.2, 0) is 32.7 Å². The smallest absolute Gasteiger partial charge is 0.292 e. The van der Waals surface area contributed by atoms with Gasteiger partial charge < -0.3 is 24.6 Å². The van der Waals surface area contributed by atoms with Gasteiger partial charge in [0.15, 0.2) is 28.5 Å². The van der Waals surface area contributed by atoms with Gasteiger partial charge in [0.2, 0.25) is 5.91 Å². The third kappa shape index (κ3) is 5.57. The van der Waals surface area contributed by atoms with Gasteiger partial charge in [0.05, 0.1) is 17.7 Å². The van der Waals surface area contributed by atoms with Gasteiger partial charge in [-0.05, 0) is 36.3 Å². The van der Waals surface area contributed by atoms with E-state index in [2.05, 4.69) is 60.0 Å². The lowest BCUT2D eigenvalue weighted by molar-refractivity contribution is -0.125. The van der Waals surface area contributed by atoms with Gasteiger partial charge in [0.25, 0.3) is 10.1 Å². The molecule has 12 heteroatoms. The average Bonchev–Trinajstić information content (AvgIpc) is 2.97. The Bertz CT molecular complexity index is 907. The first kappa shape index (κ1) is 28.5. The third-order valence-corrected chi connectivity index (χ3v) is 17.4. The summed E-state index contributed by atoms with van der Waals surface area (Å²) in [4.78, 5) is 12.0. The van der Waals surface area contributed by atoms with Gasteiger partial charge in [-0.3, -0.25) is 4.79 Å². The van der Waals surface area contributed by atoms with Crippen LogP contribution in [0, 0.1) is 0 Å². The number of rotatable bonds is 6. The number of carbonyl (C=O) groups is 1. The van der Waals surface area contributed by atoms with E-state index < -0.39 is 50.8 Å². The van der Waals surface area contributed by atoms with Crippen molar-refractivity contribution in [3.8, 4) is 0 Å². The summed E-state index contributed by atoms with van der Waals surface area (Å²) in [5.74, 6) is -0.339. The molecule has 0 saturated carbocycles. The monoisotopic (exact) mass is 522 g/mol. The summed E-state index contributed by atoms with van der Waals surface area (Å²) in [5.41, 5.74) is 4.69. The van der Waals surface area contributed by atoms with Crippen molar-refractivity contribution in [1.29, 1.82) is 0 Å². The summed E-state index contributed by atoms with van der Waals surface area (Å²) in [7, 11) is -8.75. The van der Waals surface area contributed by atoms with E-state index in [0.29, 0.717) is 0 Å². The third-order valence-electron chi connectivity index (χ3n) is 7.44.